The van der Waals surface area contributed by atoms with Gasteiger partial charge in [0, 0.05) is 57.8 Å². The Morgan fingerprint density at radius 3 is 2.27 bits per heavy atom. The summed E-state index contributed by atoms with van der Waals surface area (Å²) < 4.78 is 11.7. The number of hydrogen-bond donors (Lipinski definition) is 0. The summed E-state index contributed by atoms with van der Waals surface area (Å²) in [5.74, 6) is 0.569. The van der Waals surface area contributed by atoms with Crippen LogP contribution >= 0.6 is 23.2 Å². The molecular weight excluding hydrogens is 693 g/mol. The van der Waals surface area contributed by atoms with Crippen LogP contribution in [0.25, 0.3) is 0 Å². The number of carbonyl (C=O) groups excluding carboxylic acids is 2. The Bertz CT molecular complexity index is 1450. The third-order valence-corrected chi connectivity index (χ3v) is 9.73. The van der Waals surface area contributed by atoms with E-state index in [0.717, 1.165) is 119 Å². The highest BCUT2D eigenvalue weighted by molar-refractivity contribution is 6.43. The Labute approximate surface area is 322 Å². The molecule has 52 heavy (non-hydrogen) atoms. The van der Waals surface area contributed by atoms with Crippen LogP contribution in [0.4, 0.5) is 11.4 Å². The van der Waals surface area contributed by atoms with E-state index in [2.05, 4.69) is 65.3 Å². The molecule has 0 atom stereocenters. The molecule has 0 amide bonds. The predicted molar refractivity (Wildman–Crippen MR) is 219 cm³/mol. The molecule has 0 N–H and O–H groups in total. The van der Waals surface area contributed by atoms with Crippen molar-refractivity contribution in [1.82, 2.24) is 4.90 Å². The Balaban J connectivity index is 1.31. The lowest BCUT2D eigenvalue weighted by Gasteiger charge is -2.36. The number of halogens is 2. The van der Waals surface area contributed by atoms with Gasteiger partial charge in [-0.05, 0) is 94.5 Å². The molecule has 0 radical (unpaired) electrons. The first-order chi connectivity index (χ1) is 25.4. The first-order valence-corrected chi connectivity index (χ1v) is 19.8. The maximum atomic E-state index is 12.5. The molecule has 0 unspecified atom stereocenters. The minimum atomic E-state index is -0.200. The van der Waals surface area contributed by atoms with Crippen LogP contribution in [0, 0.1) is 0 Å². The number of allylic oxidation sites excluding steroid dienone is 8. The van der Waals surface area contributed by atoms with Gasteiger partial charge >= 0.3 is 5.97 Å². The number of hydrogen-bond acceptors (Lipinski definition) is 7. The summed E-state index contributed by atoms with van der Waals surface area (Å²) in [6, 6.07) is 11.7. The zero-order chi connectivity index (χ0) is 37.2. The molecule has 9 heteroatoms. The molecule has 3 rings (SSSR count). The van der Waals surface area contributed by atoms with E-state index in [9.17, 15) is 9.59 Å². The van der Waals surface area contributed by atoms with E-state index in [1.165, 1.54) is 0 Å². The lowest BCUT2D eigenvalue weighted by atomic mass is 10.1. The van der Waals surface area contributed by atoms with Gasteiger partial charge in [-0.25, -0.2) is 0 Å². The minimum absolute atomic E-state index is 0.143. The summed E-state index contributed by atoms with van der Waals surface area (Å²) in [5.41, 5.74) is 2.94. The second-order valence-electron chi connectivity index (χ2n) is 13.0. The summed E-state index contributed by atoms with van der Waals surface area (Å²) in [5, 5.41) is 1.22. The molecule has 0 aromatic heterocycles. The van der Waals surface area contributed by atoms with Crippen LogP contribution in [0.15, 0.2) is 85.0 Å². The number of aryl methyl sites for hydroxylation is 1. The van der Waals surface area contributed by atoms with Gasteiger partial charge in [0.05, 0.1) is 22.3 Å². The summed E-state index contributed by atoms with van der Waals surface area (Å²) in [6.45, 7) is 7.74. The van der Waals surface area contributed by atoms with Crippen molar-refractivity contribution in [1.29, 1.82) is 0 Å². The number of piperazine rings is 1. The summed E-state index contributed by atoms with van der Waals surface area (Å²) in [4.78, 5) is 30.3. The van der Waals surface area contributed by atoms with Gasteiger partial charge in [-0.15, -0.1) is 0 Å². The largest absolute Gasteiger partial charge is 0.494 e. The van der Waals surface area contributed by atoms with E-state index in [1.54, 1.807) is 0 Å². The van der Waals surface area contributed by atoms with E-state index in [-0.39, 0.29) is 12.7 Å². The fourth-order valence-corrected chi connectivity index (χ4v) is 6.35. The molecule has 7 nitrogen and oxygen atoms in total. The number of ether oxygens (including phenoxy) is 2. The van der Waals surface area contributed by atoms with Crippen LogP contribution in [0.1, 0.15) is 83.1 Å². The monoisotopic (exact) mass is 751 g/mol. The van der Waals surface area contributed by atoms with E-state index in [0.29, 0.717) is 35.9 Å². The van der Waals surface area contributed by atoms with Crippen molar-refractivity contribution in [3.05, 3.63) is 101 Å². The SMILES string of the molecule is CC/C=C\C/C=C\C/C=C\C/C=C\CCCCC(=O)OCN(C)c1cc(OCCCCN2CCN(c3cccc(Cl)c3Cl)CC2)ccc1CCC=O. The van der Waals surface area contributed by atoms with Crippen molar-refractivity contribution in [2.75, 3.05) is 62.9 Å². The van der Waals surface area contributed by atoms with Crippen LogP contribution in [0.3, 0.4) is 0 Å². The zero-order valence-electron chi connectivity index (χ0n) is 31.3. The van der Waals surface area contributed by atoms with Crippen LogP contribution in [-0.4, -0.2) is 70.3 Å². The minimum Gasteiger partial charge on any atom is -0.494 e. The molecular formula is C43H59Cl2N3O4. The quantitative estimate of drug-likeness (QED) is 0.0329. The van der Waals surface area contributed by atoms with Crippen molar-refractivity contribution in [2.45, 2.75) is 84.0 Å². The fraction of sp³-hybridized carbons (Fsp3) is 0.488. The van der Waals surface area contributed by atoms with Crippen LogP contribution < -0.4 is 14.5 Å². The molecule has 1 aliphatic rings. The van der Waals surface area contributed by atoms with Crippen molar-refractivity contribution in [2.24, 2.45) is 0 Å². The lowest BCUT2D eigenvalue weighted by Crippen LogP contribution is -2.46. The van der Waals surface area contributed by atoms with E-state index in [4.69, 9.17) is 32.7 Å². The number of nitrogens with zero attached hydrogens (tertiary/aromatic N) is 3. The van der Waals surface area contributed by atoms with Gasteiger partial charge in [-0.1, -0.05) is 90.9 Å². The molecule has 0 bridgehead atoms. The van der Waals surface area contributed by atoms with Crippen molar-refractivity contribution in [3.8, 4) is 5.75 Å². The van der Waals surface area contributed by atoms with Crippen LogP contribution in [-0.2, 0) is 20.7 Å². The maximum absolute atomic E-state index is 12.5. The standard InChI is InChI=1S/C43H59Cl2N3O4/c1-3-4-5-6-7-8-9-10-11-12-13-14-15-16-17-25-42(50)52-36-46(2)41-35-38(27-26-37(41)22-21-33-49)51-34-19-18-28-47-29-31-48(32-30-47)40-24-20-23-39(44)43(40)45/h4-5,7-8,10-11,13-14,20,23-24,26-27,33,35H,3,6,9,12,15-19,21-22,25,28-32,34,36H2,1-2H3/b5-4-,8-7-,11-10-,14-13-. The number of anilines is 2. The van der Waals surface area contributed by atoms with E-state index < -0.39 is 0 Å². The van der Waals surface area contributed by atoms with Crippen molar-refractivity contribution >= 4 is 46.8 Å². The van der Waals surface area contributed by atoms with E-state index in [1.807, 2.05) is 48.3 Å². The van der Waals surface area contributed by atoms with Gasteiger partial charge in [-0.2, -0.15) is 0 Å². The van der Waals surface area contributed by atoms with E-state index >= 15 is 0 Å². The smallest absolute Gasteiger partial charge is 0.307 e. The van der Waals surface area contributed by atoms with Crippen LogP contribution in [0.2, 0.25) is 10.0 Å². The third-order valence-electron chi connectivity index (χ3n) is 8.92. The normalized spacial score (nSPS) is 14.0. The molecule has 0 spiro atoms. The molecule has 284 valence electrons. The number of rotatable bonds is 25. The Morgan fingerprint density at radius 2 is 1.56 bits per heavy atom. The Hall–Kier alpha value is -3.52. The van der Waals surface area contributed by atoms with Gasteiger partial charge in [-0.3, -0.25) is 9.69 Å². The number of carbonyl (C=O) groups is 2. The van der Waals surface area contributed by atoms with Crippen LogP contribution in [0.5, 0.6) is 5.75 Å². The Kier molecular flexibility index (Phi) is 21.7. The first kappa shape index (κ1) is 42.9. The number of unbranched alkanes of at least 4 members (excludes halogenated alkanes) is 3. The topological polar surface area (TPSA) is 62.3 Å². The highest BCUT2D eigenvalue weighted by atomic mass is 35.5. The molecule has 0 aliphatic carbocycles. The average Bonchev–Trinajstić information content (AvgIpc) is 3.16. The maximum Gasteiger partial charge on any atom is 0.307 e. The second-order valence-corrected chi connectivity index (χ2v) is 13.8. The Morgan fingerprint density at radius 1 is 0.846 bits per heavy atom. The highest BCUT2D eigenvalue weighted by Gasteiger charge is 2.19. The highest BCUT2D eigenvalue weighted by Crippen LogP contribution is 2.33. The molecule has 2 aromatic rings. The molecule has 2 aromatic carbocycles. The third kappa shape index (κ3) is 16.9. The summed E-state index contributed by atoms with van der Waals surface area (Å²) in [7, 11) is 1.90. The second kappa shape index (κ2) is 26.3. The van der Waals surface area contributed by atoms with Gasteiger partial charge in [0.1, 0.15) is 12.0 Å². The van der Waals surface area contributed by atoms with Gasteiger partial charge in [0.2, 0.25) is 0 Å². The molecule has 1 fully saturated rings. The lowest BCUT2D eigenvalue weighted by molar-refractivity contribution is -0.143. The summed E-state index contributed by atoms with van der Waals surface area (Å²) in [6.07, 6.45) is 28.6. The van der Waals surface area contributed by atoms with Gasteiger partial charge in [0.25, 0.3) is 0 Å². The number of esters is 1. The molecule has 1 saturated heterocycles. The molecule has 1 heterocycles. The average molecular weight is 753 g/mol. The van der Waals surface area contributed by atoms with Gasteiger partial charge < -0.3 is 24.1 Å². The number of benzene rings is 2. The fourth-order valence-electron chi connectivity index (χ4n) is 5.93. The zero-order valence-corrected chi connectivity index (χ0v) is 32.8. The number of aldehydes is 1. The van der Waals surface area contributed by atoms with Gasteiger partial charge in [0.15, 0.2) is 6.73 Å². The first-order valence-electron chi connectivity index (χ1n) is 19.0. The van der Waals surface area contributed by atoms with Crippen molar-refractivity contribution < 1.29 is 19.1 Å². The summed E-state index contributed by atoms with van der Waals surface area (Å²) >= 11 is 12.6. The molecule has 0 saturated carbocycles. The van der Waals surface area contributed by atoms with Crippen molar-refractivity contribution in [3.63, 3.8) is 0 Å². The molecule has 1 aliphatic heterocycles. The predicted octanol–water partition coefficient (Wildman–Crippen LogP) is 10.4.